The number of nitrogens with one attached hydrogen (secondary N) is 1. The van der Waals surface area contributed by atoms with Crippen molar-refractivity contribution in [1.29, 1.82) is 5.41 Å². The zero-order valence-corrected chi connectivity index (χ0v) is 6.90. The molecule has 0 aromatic heterocycles. The highest BCUT2D eigenvalue weighted by atomic mass is 16.1. The Kier molecular flexibility index (Phi) is 3.93. The molecule has 0 aliphatic heterocycles. The summed E-state index contributed by atoms with van der Waals surface area (Å²) in [7, 11) is 0. The minimum absolute atomic E-state index is 0.0882. The molecule has 0 rings (SSSR count). The molecular formula is C8H15NO. The molecule has 0 aliphatic rings. The predicted octanol–water partition coefficient (Wildman–Crippen LogP) is 2.03. The molecular weight excluding hydrogens is 126 g/mol. The number of hydrogen-bond donors (Lipinski definition) is 1. The fraction of sp³-hybridized carbons (Fsp3) is 0.750. The van der Waals surface area contributed by atoms with E-state index in [0.29, 0.717) is 12.1 Å². The average molecular weight is 141 g/mol. The summed E-state index contributed by atoms with van der Waals surface area (Å²) in [6, 6.07) is 0. The number of Topliss-reactive ketones (excluding diaryl/α,β-unsaturated/α-hetero) is 1. The van der Waals surface area contributed by atoms with E-state index in [0.717, 1.165) is 6.42 Å². The molecule has 0 spiro atoms. The van der Waals surface area contributed by atoms with Gasteiger partial charge in [-0.05, 0) is 19.3 Å². The fourth-order valence-electron chi connectivity index (χ4n) is 0.689. The van der Waals surface area contributed by atoms with Gasteiger partial charge in [-0.15, -0.1) is 0 Å². The molecule has 10 heavy (non-hydrogen) atoms. The van der Waals surface area contributed by atoms with Crippen molar-refractivity contribution in [3.05, 3.63) is 0 Å². The van der Waals surface area contributed by atoms with E-state index >= 15 is 0 Å². The van der Waals surface area contributed by atoms with Gasteiger partial charge in [0.15, 0.2) is 0 Å². The molecule has 1 N–H and O–H groups in total. The third-order valence-corrected chi connectivity index (χ3v) is 1.65. The zero-order valence-electron chi connectivity index (χ0n) is 6.90. The number of ketones is 1. The van der Waals surface area contributed by atoms with Gasteiger partial charge in [0.05, 0.1) is 0 Å². The van der Waals surface area contributed by atoms with Crippen molar-refractivity contribution in [2.24, 2.45) is 5.92 Å². The fourth-order valence-corrected chi connectivity index (χ4v) is 0.689. The van der Waals surface area contributed by atoms with E-state index in [9.17, 15) is 4.79 Å². The molecule has 0 saturated carbocycles. The Morgan fingerprint density at radius 3 is 2.40 bits per heavy atom. The molecule has 1 atom stereocenters. The SMILES string of the molecule is CCC(C)C(=N)CC(C)=O. The summed E-state index contributed by atoms with van der Waals surface area (Å²) in [6.45, 7) is 5.53. The normalized spacial score (nSPS) is 12.7. The molecule has 0 amide bonds. The zero-order chi connectivity index (χ0) is 8.15. The summed E-state index contributed by atoms with van der Waals surface area (Å²) in [5.74, 6) is 0.356. The number of carbonyl (C=O) groups is 1. The Labute approximate surface area is 62.1 Å². The highest BCUT2D eigenvalue weighted by Gasteiger charge is 2.07. The standard InChI is InChI=1S/C8H15NO/c1-4-6(2)8(9)5-7(3)10/h6,9H,4-5H2,1-3H3. The van der Waals surface area contributed by atoms with Crippen molar-refractivity contribution < 1.29 is 4.79 Å². The lowest BCUT2D eigenvalue weighted by Crippen LogP contribution is -2.12. The quantitative estimate of drug-likeness (QED) is 0.598. The third kappa shape index (κ3) is 3.38. The van der Waals surface area contributed by atoms with Crippen LogP contribution in [0.4, 0.5) is 0 Å². The minimum atomic E-state index is 0.0882. The largest absolute Gasteiger partial charge is 0.309 e. The molecule has 0 aromatic carbocycles. The van der Waals surface area contributed by atoms with Gasteiger partial charge in [-0.2, -0.15) is 0 Å². The van der Waals surface area contributed by atoms with Crippen LogP contribution in [0.15, 0.2) is 0 Å². The predicted molar refractivity (Wildman–Crippen MR) is 42.5 cm³/mol. The van der Waals surface area contributed by atoms with Crippen molar-refractivity contribution in [3.63, 3.8) is 0 Å². The second-order valence-electron chi connectivity index (χ2n) is 2.71. The van der Waals surface area contributed by atoms with Crippen LogP contribution < -0.4 is 0 Å². The first kappa shape index (κ1) is 9.34. The van der Waals surface area contributed by atoms with Crippen LogP contribution in [0.5, 0.6) is 0 Å². The average Bonchev–Trinajstić information content (AvgIpc) is 1.85. The van der Waals surface area contributed by atoms with Crippen molar-refractivity contribution in [2.75, 3.05) is 0 Å². The second-order valence-corrected chi connectivity index (χ2v) is 2.71. The molecule has 0 fully saturated rings. The number of carbonyl (C=O) groups excluding carboxylic acids is 1. The first-order chi connectivity index (χ1) is 4.57. The third-order valence-electron chi connectivity index (χ3n) is 1.65. The Hall–Kier alpha value is -0.660. The van der Waals surface area contributed by atoms with Crippen LogP contribution in [0.3, 0.4) is 0 Å². The Bertz CT molecular complexity index is 140. The van der Waals surface area contributed by atoms with Gasteiger partial charge in [0.25, 0.3) is 0 Å². The van der Waals surface area contributed by atoms with Crippen LogP contribution in [-0.4, -0.2) is 11.5 Å². The smallest absolute Gasteiger partial charge is 0.135 e. The van der Waals surface area contributed by atoms with Crippen molar-refractivity contribution in [2.45, 2.75) is 33.6 Å². The lowest BCUT2D eigenvalue weighted by Gasteiger charge is -2.07. The first-order valence-electron chi connectivity index (χ1n) is 3.64. The van der Waals surface area contributed by atoms with Gasteiger partial charge in [-0.3, -0.25) is 4.79 Å². The van der Waals surface area contributed by atoms with E-state index in [1.54, 1.807) is 0 Å². The Morgan fingerprint density at radius 1 is 1.60 bits per heavy atom. The van der Waals surface area contributed by atoms with E-state index in [-0.39, 0.29) is 11.7 Å². The van der Waals surface area contributed by atoms with Crippen LogP contribution >= 0.6 is 0 Å². The van der Waals surface area contributed by atoms with E-state index in [1.165, 1.54) is 6.92 Å². The summed E-state index contributed by atoms with van der Waals surface area (Å²) >= 11 is 0. The molecule has 2 nitrogen and oxygen atoms in total. The van der Waals surface area contributed by atoms with Gasteiger partial charge in [0.1, 0.15) is 5.78 Å². The highest BCUT2D eigenvalue weighted by molar-refractivity contribution is 6.00. The number of rotatable bonds is 4. The van der Waals surface area contributed by atoms with Crippen LogP contribution in [0.1, 0.15) is 33.6 Å². The molecule has 0 radical (unpaired) electrons. The maximum absolute atomic E-state index is 10.5. The summed E-state index contributed by atoms with van der Waals surface area (Å²) in [5, 5.41) is 7.40. The molecule has 0 aliphatic carbocycles. The summed E-state index contributed by atoms with van der Waals surface area (Å²) in [4.78, 5) is 10.5. The summed E-state index contributed by atoms with van der Waals surface area (Å²) in [6.07, 6.45) is 1.28. The summed E-state index contributed by atoms with van der Waals surface area (Å²) in [5.41, 5.74) is 0.565. The lowest BCUT2D eigenvalue weighted by molar-refractivity contribution is -0.115. The summed E-state index contributed by atoms with van der Waals surface area (Å²) < 4.78 is 0. The van der Waals surface area contributed by atoms with Crippen LogP contribution in [0.2, 0.25) is 0 Å². The molecule has 0 bridgehead atoms. The molecule has 1 unspecified atom stereocenters. The second kappa shape index (κ2) is 4.20. The monoisotopic (exact) mass is 141 g/mol. The van der Waals surface area contributed by atoms with E-state index in [1.807, 2.05) is 13.8 Å². The van der Waals surface area contributed by atoms with Crippen molar-refractivity contribution >= 4 is 11.5 Å². The van der Waals surface area contributed by atoms with Crippen LogP contribution in [-0.2, 0) is 4.79 Å². The Morgan fingerprint density at radius 2 is 2.10 bits per heavy atom. The maximum atomic E-state index is 10.5. The highest BCUT2D eigenvalue weighted by Crippen LogP contribution is 2.05. The van der Waals surface area contributed by atoms with Gasteiger partial charge in [-0.25, -0.2) is 0 Å². The molecule has 58 valence electrons. The van der Waals surface area contributed by atoms with E-state index < -0.39 is 0 Å². The van der Waals surface area contributed by atoms with Gasteiger partial charge in [0.2, 0.25) is 0 Å². The van der Waals surface area contributed by atoms with Gasteiger partial charge < -0.3 is 5.41 Å². The molecule has 2 heteroatoms. The maximum Gasteiger partial charge on any atom is 0.135 e. The first-order valence-corrected chi connectivity index (χ1v) is 3.64. The molecule has 0 heterocycles. The van der Waals surface area contributed by atoms with Crippen molar-refractivity contribution in [3.8, 4) is 0 Å². The van der Waals surface area contributed by atoms with Gasteiger partial charge in [0, 0.05) is 12.1 Å². The lowest BCUT2D eigenvalue weighted by atomic mass is 9.99. The van der Waals surface area contributed by atoms with E-state index in [2.05, 4.69) is 0 Å². The Balaban J connectivity index is 3.73. The van der Waals surface area contributed by atoms with Gasteiger partial charge >= 0.3 is 0 Å². The van der Waals surface area contributed by atoms with Crippen molar-refractivity contribution in [1.82, 2.24) is 0 Å². The van der Waals surface area contributed by atoms with E-state index in [4.69, 9.17) is 5.41 Å². The minimum Gasteiger partial charge on any atom is -0.309 e. The molecule has 0 saturated heterocycles. The van der Waals surface area contributed by atoms with Crippen LogP contribution in [0, 0.1) is 11.3 Å². The van der Waals surface area contributed by atoms with Gasteiger partial charge in [-0.1, -0.05) is 13.8 Å². The topological polar surface area (TPSA) is 40.9 Å². The molecule has 0 aromatic rings. The van der Waals surface area contributed by atoms with Crippen LogP contribution in [0.25, 0.3) is 0 Å². The number of hydrogen-bond acceptors (Lipinski definition) is 2.